The smallest absolute Gasteiger partial charge is 0.255 e. The summed E-state index contributed by atoms with van der Waals surface area (Å²) < 4.78 is 5.83. The van der Waals surface area contributed by atoms with Crippen LogP contribution in [0, 0.1) is 6.92 Å². The zero-order valence-corrected chi connectivity index (χ0v) is 14.9. The van der Waals surface area contributed by atoms with Crippen LogP contribution in [0.3, 0.4) is 0 Å². The standard InChI is InChI=1S/C23H23NO2/c1-18-9-5-6-15-22(18)23(25)24-20-13-7-14-21(17-20)26-16-8-12-19-10-3-2-4-11-19/h2-7,9-11,13-15,17H,8,12,16H2,1H3,(H,24,25). The predicted octanol–water partition coefficient (Wildman–Crippen LogP) is 5.26. The lowest BCUT2D eigenvalue weighted by Gasteiger charge is -2.10. The lowest BCUT2D eigenvalue weighted by molar-refractivity contribution is 0.102. The summed E-state index contributed by atoms with van der Waals surface area (Å²) >= 11 is 0. The molecule has 3 rings (SSSR count). The highest BCUT2D eigenvalue weighted by Gasteiger charge is 2.08. The number of benzene rings is 3. The Labute approximate surface area is 154 Å². The normalized spacial score (nSPS) is 10.3. The van der Waals surface area contributed by atoms with Gasteiger partial charge in [0.15, 0.2) is 0 Å². The second-order valence-electron chi connectivity index (χ2n) is 6.23. The van der Waals surface area contributed by atoms with E-state index in [0.29, 0.717) is 12.2 Å². The van der Waals surface area contributed by atoms with Crippen LogP contribution in [0.2, 0.25) is 0 Å². The number of ether oxygens (including phenoxy) is 1. The molecule has 3 heteroatoms. The third-order valence-electron chi connectivity index (χ3n) is 4.20. The monoisotopic (exact) mass is 345 g/mol. The number of nitrogens with one attached hydrogen (secondary N) is 1. The second-order valence-corrected chi connectivity index (χ2v) is 6.23. The van der Waals surface area contributed by atoms with E-state index >= 15 is 0 Å². The lowest BCUT2D eigenvalue weighted by Crippen LogP contribution is -2.13. The van der Waals surface area contributed by atoms with Gasteiger partial charge in [-0.3, -0.25) is 4.79 Å². The molecule has 1 amide bonds. The molecule has 0 atom stereocenters. The van der Waals surface area contributed by atoms with Crippen LogP contribution in [0.5, 0.6) is 5.75 Å². The van der Waals surface area contributed by atoms with E-state index in [2.05, 4.69) is 29.6 Å². The molecule has 3 aromatic carbocycles. The zero-order valence-electron chi connectivity index (χ0n) is 14.9. The average Bonchev–Trinajstić information content (AvgIpc) is 2.67. The molecule has 0 aliphatic carbocycles. The number of aryl methyl sites for hydroxylation is 2. The van der Waals surface area contributed by atoms with E-state index in [-0.39, 0.29) is 5.91 Å². The van der Waals surface area contributed by atoms with Gasteiger partial charge >= 0.3 is 0 Å². The first-order chi connectivity index (χ1) is 12.7. The lowest BCUT2D eigenvalue weighted by atomic mass is 10.1. The Bertz CT molecular complexity index is 859. The van der Waals surface area contributed by atoms with Crippen LogP contribution in [0.1, 0.15) is 27.9 Å². The second kappa shape index (κ2) is 8.86. The third-order valence-corrected chi connectivity index (χ3v) is 4.20. The fourth-order valence-electron chi connectivity index (χ4n) is 2.80. The zero-order chi connectivity index (χ0) is 18.2. The van der Waals surface area contributed by atoms with Gasteiger partial charge in [-0.15, -0.1) is 0 Å². The molecule has 0 radical (unpaired) electrons. The van der Waals surface area contributed by atoms with E-state index in [1.165, 1.54) is 5.56 Å². The van der Waals surface area contributed by atoms with Crippen LogP contribution in [0.25, 0.3) is 0 Å². The van der Waals surface area contributed by atoms with Crippen molar-refractivity contribution in [3.63, 3.8) is 0 Å². The van der Waals surface area contributed by atoms with E-state index in [4.69, 9.17) is 4.74 Å². The highest BCUT2D eigenvalue weighted by Crippen LogP contribution is 2.19. The summed E-state index contributed by atoms with van der Waals surface area (Å²) in [5.41, 5.74) is 3.69. The molecule has 0 heterocycles. The number of amides is 1. The number of rotatable bonds is 7. The molecule has 0 bridgehead atoms. The number of hydrogen-bond donors (Lipinski definition) is 1. The number of carbonyl (C=O) groups excluding carboxylic acids is 1. The molecular formula is C23H23NO2. The highest BCUT2D eigenvalue weighted by molar-refractivity contribution is 6.05. The van der Waals surface area contributed by atoms with Crippen LogP contribution < -0.4 is 10.1 Å². The molecule has 0 fully saturated rings. The maximum absolute atomic E-state index is 12.4. The third kappa shape index (κ3) is 4.96. The van der Waals surface area contributed by atoms with Crippen molar-refractivity contribution in [3.8, 4) is 5.75 Å². The number of carbonyl (C=O) groups is 1. The van der Waals surface area contributed by atoms with Gasteiger partial charge in [0.1, 0.15) is 5.75 Å². The Balaban J connectivity index is 1.53. The van der Waals surface area contributed by atoms with Crippen LogP contribution in [0.15, 0.2) is 78.9 Å². The van der Waals surface area contributed by atoms with Crippen molar-refractivity contribution in [2.24, 2.45) is 0 Å². The Morgan fingerprint density at radius 3 is 2.50 bits per heavy atom. The minimum atomic E-state index is -0.107. The van der Waals surface area contributed by atoms with Gasteiger partial charge in [0.2, 0.25) is 0 Å². The molecule has 0 spiro atoms. The van der Waals surface area contributed by atoms with Gasteiger partial charge in [-0.05, 0) is 49.1 Å². The fraction of sp³-hybridized carbons (Fsp3) is 0.174. The van der Waals surface area contributed by atoms with Crippen LogP contribution >= 0.6 is 0 Å². The average molecular weight is 345 g/mol. The summed E-state index contributed by atoms with van der Waals surface area (Å²) in [5, 5.41) is 2.94. The molecule has 3 nitrogen and oxygen atoms in total. The fourth-order valence-corrected chi connectivity index (χ4v) is 2.80. The van der Waals surface area contributed by atoms with Crippen molar-refractivity contribution in [3.05, 3.63) is 95.6 Å². The summed E-state index contributed by atoms with van der Waals surface area (Å²) in [4.78, 5) is 12.4. The van der Waals surface area contributed by atoms with Gasteiger partial charge in [0, 0.05) is 17.3 Å². The van der Waals surface area contributed by atoms with Crippen molar-refractivity contribution in [2.75, 3.05) is 11.9 Å². The Morgan fingerprint density at radius 2 is 1.69 bits per heavy atom. The molecule has 3 aromatic rings. The summed E-state index contributed by atoms with van der Waals surface area (Å²) in [5.74, 6) is 0.657. The number of anilines is 1. The van der Waals surface area contributed by atoms with Crippen LogP contribution in [-0.4, -0.2) is 12.5 Å². The van der Waals surface area contributed by atoms with Crippen molar-refractivity contribution in [2.45, 2.75) is 19.8 Å². The van der Waals surface area contributed by atoms with Gasteiger partial charge in [-0.1, -0.05) is 54.6 Å². The Hall–Kier alpha value is -3.07. The quantitative estimate of drug-likeness (QED) is 0.593. The van der Waals surface area contributed by atoms with Gasteiger partial charge < -0.3 is 10.1 Å². The Kier molecular flexibility index (Phi) is 6.05. The van der Waals surface area contributed by atoms with Crippen LogP contribution in [0.4, 0.5) is 5.69 Å². The molecule has 132 valence electrons. The van der Waals surface area contributed by atoms with Gasteiger partial charge in [0.05, 0.1) is 6.61 Å². The first-order valence-electron chi connectivity index (χ1n) is 8.86. The molecule has 0 aromatic heterocycles. The maximum atomic E-state index is 12.4. The molecule has 26 heavy (non-hydrogen) atoms. The highest BCUT2D eigenvalue weighted by atomic mass is 16.5. The summed E-state index contributed by atoms with van der Waals surface area (Å²) in [6.07, 6.45) is 1.94. The first-order valence-corrected chi connectivity index (χ1v) is 8.86. The van der Waals surface area contributed by atoms with Crippen LogP contribution in [-0.2, 0) is 6.42 Å². The topological polar surface area (TPSA) is 38.3 Å². The Morgan fingerprint density at radius 1 is 0.923 bits per heavy atom. The minimum absolute atomic E-state index is 0.107. The molecule has 1 N–H and O–H groups in total. The van der Waals surface area contributed by atoms with Gasteiger partial charge in [-0.25, -0.2) is 0 Å². The van der Waals surface area contributed by atoms with Crippen molar-refractivity contribution in [1.29, 1.82) is 0 Å². The molecular weight excluding hydrogens is 322 g/mol. The van der Waals surface area contributed by atoms with E-state index in [1.54, 1.807) is 0 Å². The SMILES string of the molecule is Cc1ccccc1C(=O)Nc1cccc(OCCCc2ccccc2)c1. The summed E-state index contributed by atoms with van der Waals surface area (Å²) in [7, 11) is 0. The van der Waals surface area contributed by atoms with Crippen molar-refractivity contribution < 1.29 is 9.53 Å². The van der Waals surface area contributed by atoms with E-state index in [0.717, 1.165) is 29.8 Å². The summed E-state index contributed by atoms with van der Waals surface area (Å²) in [6, 6.07) is 25.5. The molecule has 0 saturated heterocycles. The predicted molar refractivity (Wildman–Crippen MR) is 106 cm³/mol. The van der Waals surface area contributed by atoms with E-state index < -0.39 is 0 Å². The van der Waals surface area contributed by atoms with Gasteiger partial charge in [0.25, 0.3) is 5.91 Å². The first kappa shape index (κ1) is 17.7. The maximum Gasteiger partial charge on any atom is 0.255 e. The van der Waals surface area contributed by atoms with E-state index in [9.17, 15) is 4.79 Å². The summed E-state index contributed by atoms with van der Waals surface area (Å²) in [6.45, 7) is 2.57. The molecule has 0 unspecified atom stereocenters. The van der Waals surface area contributed by atoms with Crippen molar-refractivity contribution >= 4 is 11.6 Å². The molecule has 0 aliphatic rings. The van der Waals surface area contributed by atoms with E-state index in [1.807, 2.05) is 61.5 Å². The van der Waals surface area contributed by atoms with Crippen molar-refractivity contribution in [1.82, 2.24) is 0 Å². The number of hydrogen-bond acceptors (Lipinski definition) is 2. The molecule has 0 aliphatic heterocycles. The molecule has 0 saturated carbocycles. The largest absolute Gasteiger partial charge is 0.494 e. The van der Waals surface area contributed by atoms with Gasteiger partial charge in [-0.2, -0.15) is 0 Å². The minimum Gasteiger partial charge on any atom is -0.494 e.